The third kappa shape index (κ3) is 1.59. The average Bonchev–Trinajstić information content (AvgIpc) is 2.40. The molecule has 0 unspecified atom stereocenters. The van der Waals surface area contributed by atoms with E-state index in [1.807, 2.05) is 0 Å². The number of amides is 1. The van der Waals surface area contributed by atoms with Crippen molar-refractivity contribution < 1.29 is 4.79 Å². The summed E-state index contributed by atoms with van der Waals surface area (Å²) in [5.41, 5.74) is 7.62. The molecule has 0 fully saturated rings. The SMILES string of the molecule is CNC(=O)CC1=NNNN1. The molecule has 6 heteroatoms. The molecule has 0 radical (unpaired) electrons. The Morgan fingerprint density at radius 1 is 1.80 bits per heavy atom. The van der Waals surface area contributed by atoms with Crippen LogP contribution in [-0.2, 0) is 4.79 Å². The van der Waals surface area contributed by atoms with Gasteiger partial charge >= 0.3 is 0 Å². The summed E-state index contributed by atoms with van der Waals surface area (Å²) in [6.07, 6.45) is 0.260. The zero-order chi connectivity index (χ0) is 7.40. The number of hydrogen-bond acceptors (Lipinski definition) is 5. The lowest BCUT2D eigenvalue weighted by atomic mass is 10.4. The van der Waals surface area contributed by atoms with Gasteiger partial charge in [-0.3, -0.25) is 10.2 Å². The molecule has 10 heavy (non-hydrogen) atoms. The van der Waals surface area contributed by atoms with E-state index in [0.29, 0.717) is 5.84 Å². The van der Waals surface area contributed by atoms with Gasteiger partial charge in [-0.25, -0.2) is 5.53 Å². The van der Waals surface area contributed by atoms with Gasteiger partial charge in [-0.1, -0.05) is 0 Å². The Kier molecular flexibility index (Phi) is 2.06. The smallest absolute Gasteiger partial charge is 0.227 e. The van der Waals surface area contributed by atoms with Crippen LogP contribution in [0.3, 0.4) is 0 Å². The Hall–Kier alpha value is -1.30. The van der Waals surface area contributed by atoms with E-state index in [4.69, 9.17) is 0 Å². The highest BCUT2D eigenvalue weighted by Gasteiger charge is 2.07. The third-order valence-corrected chi connectivity index (χ3v) is 1.06. The van der Waals surface area contributed by atoms with Crippen LogP contribution >= 0.6 is 0 Å². The van der Waals surface area contributed by atoms with Crippen molar-refractivity contribution in [2.24, 2.45) is 5.10 Å². The van der Waals surface area contributed by atoms with Crippen molar-refractivity contribution in [3.05, 3.63) is 0 Å². The van der Waals surface area contributed by atoms with Crippen LogP contribution in [0.1, 0.15) is 6.42 Å². The predicted molar refractivity (Wildman–Crippen MR) is 35.5 cm³/mol. The van der Waals surface area contributed by atoms with Crippen LogP contribution in [0.25, 0.3) is 0 Å². The van der Waals surface area contributed by atoms with Gasteiger partial charge in [0.1, 0.15) is 5.84 Å². The third-order valence-electron chi connectivity index (χ3n) is 1.06. The molecule has 0 aromatic heterocycles. The summed E-state index contributed by atoms with van der Waals surface area (Å²) < 4.78 is 0. The molecule has 0 aromatic rings. The van der Waals surface area contributed by atoms with E-state index < -0.39 is 0 Å². The number of rotatable bonds is 2. The minimum absolute atomic E-state index is 0.0725. The van der Waals surface area contributed by atoms with Gasteiger partial charge in [0.05, 0.1) is 6.42 Å². The van der Waals surface area contributed by atoms with Crippen molar-refractivity contribution in [3.63, 3.8) is 0 Å². The maximum Gasteiger partial charge on any atom is 0.227 e. The lowest BCUT2D eigenvalue weighted by Crippen LogP contribution is -2.36. The fourth-order valence-electron chi connectivity index (χ4n) is 0.548. The van der Waals surface area contributed by atoms with Gasteiger partial charge in [0.2, 0.25) is 5.91 Å². The Balaban J connectivity index is 2.30. The zero-order valence-electron chi connectivity index (χ0n) is 5.56. The van der Waals surface area contributed by atoms with Gasteiger partial charge < -0.3 is 5.32 Å². The molecule has 56 valence electrons. The van der Waals surface area contributed by atoms with E-state index in [2.05, 4.69) is 26.9 Å². The average molecular weight is 143 g/mol. The van der Waals surface area contributed by atoms with Gasteiger partial charge in [-0.05, 0) is 0 Å². The molecular weight excluding hydrogens is 134 g/mol. The van der Waals surface area contributed by atoms with Crippen molar-refractivity contribution in [1.82, 2.24) is 21.8 Å². The van der Waals surface area contributed by atoms with Gasteiger partial charge in [0.25, 0.3) is 0 Å². The Bertz CT molecular complexity index is 165. The second kappa shape index (κ2) is 3.02. The molecule has 6 nitrogen and oxygen atoms in total. The van der Waals surface area contributed by atoms with E-state index in [-0.39, 0.29) is 12.3 Å². The molecule has 1 rings (SSSR count). The largest absolute Gasteiger partial charge is 0.359 e. The molecule has 1 aliphatic heterocycles. The van der Waals surface area contributed by atoms with E-state index in [9.17, 15) is 4.79 Å². The summed E-state index contributed by atoms with van der Waals surface area (Å²) in [5, 5.41) is 6.18. The van der Waals surface area contributed by atoms with Crippen LogP contribution in [0.4, 0.5) is 0 Å². The normalized spacial score (nSPS) is 15.1. The Morgan fingerprint density at radius 2 is 2.60 bits per heavy atom. The summed E-state index contributed by atoms with van der Waals surface area (Å²) in [4.78, 5) is 10.7. The minimum atomic E-state index is -0.0725. The fraction of sp³-hybridized carbons (Fsp3) is 0.500. The molecule has 0 saturated carbocycles. The molecule has 1 amide bonds. The summed E-state index contributed by atoms with van der Waals surface area (Å²) in [6, 6.07) is 0. The number of carbonyl (C=O) groups excluding carboxylic acids is 1. The lowest BCUT2D eigenvalue weighted by Gasteiger charge is -1.97. The topological polar surface area (TPSA) is 77.5 Å². The van der Waals surface area contributed by atoms with E-state index >= 15 is 0 Å². The zero-order valence-corrected chi connectivity index (χ0v) is 5.56. The second-order valence-electron chi connectivity index (χ2n) is 1.77. The Labute approximate surface area is 58.0 Å². The van der Waals surface area contributed by atoms with Gasteiger partial charge in [-0.15, -0.1) is 10.6 Å². The molecule has 1 aliphatic rings. The molecule has 1 heterocycles. The first kappa shape index (κ1) is 6.81. The van der Waals surface area contributed by atoms with Crippen LogP contribution in [0.15, 0.2) is 5.10 Å². The van der Waals surface area contributed by atoms with Crippen LogP contribution in [0.2, 0.25) is 0 Å². The van der Waals surface area contributed by atoms with Crippen molar-refractivity contribution in [3.8, 4) is 0 Å². The Morgan fingerprint density at radius 3 is 3.10 bits per heavy atom. The lowest BCUT2D eigenvalue weighted by molar-refractivity contribution is -0.119. The number of hydrazine groups is 2. The first-order valence-corrected chi connectivity index (χ1v) is 2.86. The molecular formula is C4H9N5O. The van der Waals surface area contributed by atoms with Crippen molar-refractivity contribution in [2.75, 3.05) is 7.05 Å². The fourth-order valence-corrected chi connectivity index (χ4v) is 0.548. The van der Waals surface area contributed by atoms with Crippen molar-refractivity contribution in [1.29, 1.82) is 0 Å². The maximum atomic E-state index is 10.7. The number of amidine groups is 1. The van der Waals surface area contributed by atoms with Crippen LogP contribution < -0.4 is 21.8 Å². The highest BCUT2D eigenvalue weighted by atomic mass is 16.1. The van der Waals surface area contributed by atoms with Crippen LogP contribution in [0.5, 0.6) is 0 Å². The monoisotopic (exact) mass is 143 g/mol. The van der Waals surface area contributed by atoms with Crippen molar-refractivity contribution in [2.45, 2.75) is 6.42 Å². The number of carbonyl (C=O) groups is 1. The number of nitrogens with zero attached hydrogens (tertiary/aromatic N) is 1. The van der Waals surface area contributed by atoms with Crippen LogP contribution in [0, 0.1) is 0 Å². The quantitative estimate of drug-likeness (QED) is 0.362. The maximum absolute atomic E-state index is 10.7. The molecule has 0 saturated heterocycles. The van der Waals surface area contributed by atoms with Gasteiger partial charge in [0, 0.05) is 7.05 Å². The van der Waals surface area contributed by atoms with Gasteiger partial charge in [0.15, 0.2) is 0 Å². The van der Waals surface area contributed by atoms with E-state index in [1.54, 1.807) is 7.05 Å². The first-order valence-electron chi connectivity index (χ1n) is 2.86. The highest BCUT2D eigenvalue weighted by molar-refractivity contribution is 5.99. The minimum Gasteiger partial charge on any atom is -0.359 e. The number of nitrogens with one attached hydrogen (secondary N) is 4. The van der Waals surface area contributed by atoms with Crippen molar-refractivity contribution >= 4 is 11.7 Å². The van der Waals surface area contributed by atoms with Crippen LogP contribution in [-0.4, -0.2) is 18.8 Å². The van der Waals surface area contributed by atoms with E-state index in [0.717, 1.165) is 0 Å². The summed E-state index contributed by atoms with van der Waals surface area (Å²) >= 11 is 0. The summed E-state index contributed by atoms with van der Waals surface area (Å²) in [6.45, 7) is 0. The summed E-state index contributed by atoms with van der Waals surface area (Å²) in [5.74, 6) is 0.510. The molecule has 0 aliphatic carbocycles. The highest BCUT2D eigenvalue weighted by Crippen LogP contribution is 1.83. The second-order valence-corrected chi connectivity index (χ2v) is 1.77. The van der Waals surface area contributed by atoms with E-state index in [1.165, 1.54) is 0 Å². The molecule has 4 N–H and O–H groups in total. The molecule has 0 atom stereocenters. The predicted octanol–water partition coefficient (Wildman–Crippen LogP) is -1.95. The standard InChI is InChI=1S/C4H9N5O/c1-5-4(10)2-3-6-8-9-7-3/h8-9H,2H2,1H3,(H,5,10)(H,6,7). The number of hydrogen-bond donors (Lipinski definition) is 4. The molecule has 0 spiro atoms. The first-order chi connectivity index (χ1) is 4.83. The molecule has 0 aromatic carbocycles. The molecule has 0 bridgehead atoms. The van der Waals surface area contributed by atoms with Gasteiger partial charge in [-0.2, -0.15) is 0 Å². The summed E-state index contributed by atoms with van der Waals surface area (Å²) in [7, 11) is 1.58. The number of hydrazone groups is 1.